The summed E-state index contributed by atoms with van der Waals surface area (Å²) in [6, 6.07) is 0. The number of carboxylic acids is 1. The maximum absolute atomic E-state index is 13.1. The minimum absolute atomic E-state index is 0.0478. The van der Waals surface area contributed by atoms with Gasteiger partial charge in [0.15, 0.2) is 24.6 Å². The van der Waals surface area contributed by atoms with Gasteiger partial charge in [0.1, 0.15) is 18.8 Å². The fourth-order valence-corrected chi connectivity index (χ4v) is 8.34. The number of carbonyl (C=O) groups is 4. The van der Waals surface area contributed by atoms with Gasteiger partial charge in [-0.2, -0.15) is 0 Å². The second-order valence-corrected chi connectivity index (χ2v) is 19.9. The molecule has 0 spiro atoms. The van der Waals surface area contributed by atoms with Gasteiger partial charge in [0.2, 0.25) is 0 Å². The molecular formula is C65H104O12. The second-order valence-electron chi connectivity index (χ2n) is 19.9. The van der Waals surface area contributed by atoms with E-state index < -0.39 is 67.3 Å². The van der Waals surface area contributed by atoms with Crippen molar-refractivity contribution in [3.63, 3.8) is 0 Å². The number of aliphatic carboxylic acids is 1. The van der Waals surface area contributed by atoms with Crippen molar-refractivity contribution in [3.8, 4) is 0 Å². The van der Waals surface area contributed by atoms with Crippen LogP contribution >= 0.6 is 0 Å². The lowest BCUT2D eigenvalue weighted by Crippen LogP contribution is -2.61. The van der Waals surface area contributed by atoms with Crippen LogP contribution in [0.1, 0.15) is 226 Å². The highest BCUT2D eigenvalue weighted by Gasteiger charge is 2.50. The standard InChI is InChI=1S/C65H104O12/c1-4-7-10-13-16-19-22-25-28-29-32-33-36-39-42-45-48-51-57(66)73-54-56(75-58(67)52-49-46-43-40-37-34-30-26-23-20-17-14-11-8-5-2)55-74-65-63(61(70)60(69)62(77-65)64(71)72)76-59(68)53-50-47-44-41-38-35-31-27-24-21-18-15-12-9-6-3/h7-8,10-11,16-17,19-20,25-26,28,30,32-33,37,39-40,42,56,60-63,65,69-70H,4-6,9,12-15,18,21-24,27,29,31,34-36,38,41,43-55H2,1-3H3,(H,71,72)/b10-7-,11-8-,19-16-,20-17-,28-25-,30-26-,33-32-,40-37-,42-39-. The Kier molecular flexibility index (Phi) is 47.6. The molecule has 6 unspecified atom stereocenters. The number of unbranched alkanes of at least 4 members (excludes halogenated alkanes) is 17. The first kappa shape index (κ1) is 70.4. The van der Waals surface area contributed by atoms with E-state index in [-0.39, 0.29) is 25.9 Å². The van der Waals surface area contributed by atoms with E-state index in [0.717, 1.165) is 96.3 Å². The third kappa shape index (κ3) is 42.1. The number of aliphatic hydroxyl groups is 2. The van der Waals surface area contributed by atoms with Crippen LogP contribution in [0.2, 0.25) is 0 Å². The van der Waals surface area contributed by atoms with Crippen LogP contribution in [0, 0.1) is 0 Å². The lowest BCUT2D eigenvalue weighted by molar-refractivity contribution is -0.301. The molecule has 0 aromatic rings. The van der Waals surface area contributed by atoms with Gasteiger partial charge in [-0.15, -0.1) is 0 Å². The van der Waals surface area contributed by atoms with Crippen LogP contribution < -0.4 is 0 Å². The molecule has 436 valence electrons. The Morgan fingerprint density at radius 2 is 0.831 bits per heavy atom. The number of hydrogen-bond donors (Lipinski definition) is 3. The number of carboxylic acid groups (broad SMARTS) is 1. The van der Waals surface area contributed by atoms with Crippen molar-refractivity contribution < 1.29 is 58.2 Å². The van der Waals surface area contributed by atoms with E-state index in [1.54, 1.807) is 0 Å². The van der Waals surface area contributed by atoms with Crippen molar-refractivity contribution in [2.75, 3.05) is 13.2 Å². The Morgan fingerprint density at radius 1 is 0.442 bits per heavy atom. The van der Waals surface area contributed by atoms with Crippen molar-refractivity contribution in [2.45, 2.75) is 263 Å². The highest BCUT2D eigenvalue weighted by molar-refractivity contribution is 5.74. The number of aliphatic hydroxyl groups excluding tert-OH is 2. The quantitative estimate of drug-likeness (QED) is 0.0228. The summed E-state index contributed by atoms with van der Waals surface area (Å²) >= 11 is 0. The first-order chi connectivity index (χ1) is 37.6. The normalized spacial score (nSPS) is 18.8. The fourth-order valence-electron chi connectivity index (χ4n) is 8.34. The molecule has 1 heterocycles. The van der Waals surface area contributed by atoms with Crippen LogP contribution in [0.25, 0.3) is 0 Å². The first-order valence-electron chi connectivity index (χ1n) is 29.9. The van der Waals surface area contributed by atoms with Gasteiger partial charge >= 0.3 is 23.9 Å². The zero-order valence-corrected chi connectivity index (χ0v) is 47.9. The van der Waals surface area contributed by atoms with Gasteiger partial charge in [-0.05, 0) is 96.3 Å². The van der Waals surface area contributed by atoms with Gasteiger partial charge in [0, 0.05) is 19.3 Å². The summed E-state index contributed by atoms with van der Waals surface area (Å²) in [5, 5.41) is 31.5. The predicted octanol–water partition coefficient (Wildman–Crippen LogP) is 15.4. The monoisotopic (exact) mass is 1080 g/mol. The number of ether oxygens (including phenoxy) is 5. The van der Waals surface area contributed by atoms with E-state index in [9.17, 15) is 34.5 Å². The molecule has 3 N–H and O–H groups in total. The van der Waals surface area contributed by atoms with Gasteiger partial charge in [-0.3, -0.25) is 14.4 Å². The number of hydrogen-bond acceptors (Lipinski definition) is 11. The lowest BCUT2D eigenvalue weighted by atomic mass is 9.98. The number of carbonyl (C=O) groups excluding carboxylic acids is 3. The average molecular weight is 1080 g/mol. The third-order valence-corrected chi connectivity index (χ3v) is 12.8. The molecule has 0 bridgehead atoms. The van der Waals surface area contributed by atoms with E-state index in [4.69, 9.17) is 23.7 Å². The molecule has 1 aliphatic heterocycles. The maximum Gasteiger partial charge on any atom is 0.335 e. The number of allylic oxidation sites excluding steroid dienone is 18. The van der Waals surface area contributed by atoms with Gasteiger partial charge in [0.25, 0.3) is 0 Å². The number of esters is 3. The molecule has 1 aliphatic rings. The highest BCUT2D eigenvalue weighted by Crippen LogP contribution is 2.26. The largest absolute Gasteiger partial charge is 0.479 e. The number of rotatable bonds is 49. The SMILES string of the molecule is CC/C=C\C/C=C\C/C=C\C/C=C\C/C=C\CCCC(=O)OCC(COC1OC(C(=O)O)C(O)C(O)C1OC(=O)CCCCCCCCCCCCCCCCC)OC(=O)CCCC/C=C\C/C=C\C/C=C\C/C=C\CC. The zero-order valence-electron chi connectivity index (χ0n) is 47.9. The molecule has 0 aromatic heterocycles. The van der Waals surface area contributed by atoms with Crippen LogP contribution in [0.4, 0.5) is 0 Å². The van der Waals surface area contributed by atoms with Crippen LogP contribution in [-0.4, -0.2) is 89.2 Å². The fraction of sp³-hybridized carbons (Fsp3) is 0.662. The molecule has 1 fully saturated rings. The second kappa shape index (κ2) is 52.1. The summed E-state index contributed by atoms with van der Waals surface area (Å²) < 4.78 is 28.3. The molecule has 0 amide bonds. The molecular weight excluding hydrogens is 973 g/mol. The predicted molar refractivity (Wildman–Crippen MR) is 312 cm³/mol. The van der Waals surface area contributed by atoms with Gasteiger partial charge in [0.05, 0.1) is 6.61 Å². The van der Waals surface area contributed by atoms with Crippen LogP contribution in [-0.2, 0) is 42.9 Å². The molecule has 1 rings (SSSR count). The molecule has 77 heavy (non-hydrogen) atoms. The van der Waals surface area contributed by atoms with E-state index in [0.29, 0.717) is 25.7 Å². The average Bonchev–Trinajstić information content (AvgIpc) is 3.42. The Morgan fingerprint density at radius 3 is 1.29 bits per heavy atom. The van der Waals surface area contributed by atoms with E-state index in [2.05, 4.69) is 124 Å². The summed E-state index contributed by atoms with van der Waals surface area (Å²) in [5.41, 5.74) is 0. The van der Waals surface area contributed by atoms with Crippen molar-refractivity contribution in [1.82, 2.24) is 0 Å². The van der Waals surface area contributed by atoms with Crippen LogP contribution in [0.15, 0.2) is 109 Å². The molecule has 0 aromatic carbocycles. The maximum atomic E-state index is 13.1. The van der Waals surface area contributed by atoms with Crippen LogP contribution in [0.5, 0.6) is 0 Å². The smallest absolute Gasteiger partial charge is 0.335 e. The third-order valence-electron chi connectivity index (χ3n) is 12.8. The van der Waals surface area contributed by atoms with Crippen molar-refractivity contribution >= 4 is 23.9 Å². The van der Waals surface area contributed by atoms with E-state index in [1.807, 2.05) is 6.08 Å². The topological polar surface area (TPSA) is 175 Å². The molecule has 1 saturated heterocycles. The van der Waals surface area contributed by atoms with Crippen molar-refractivity contribution in [1.29, 1.82) is 0 Å². The van der Waals surface area contributed by atoms with Crippen molar-refractivity contribution in [2.24, 2.45) is 0 Å². The first-order valence-corrected chi connectivity index (χ1v) is 29.9. The minimum atomic E-state index is -1.92. The zero-order chi connectivity index (χ0) is 56.1. The summed E-state index contributed by atoms with van der Waals surface area (Å²) in [6.45, 7) is 5.68. The Bertz CT molecular complexity index is 1750. The molecule has 12 heteroatoms. The Balaban J connectivity index is 2.76. The molecule has 6 atom stereocenters. The molecule has 12 nitrogen and oxygen atoms in total. The summed E-state index contributed by atoms with van der Waals surface area (Å²) in [4.78, 5) is 51.1. The molecule has 0 radical (unpaired) electrons. The van der Waals surface area contributed by atoms with Crippen LogP contribution in [0.3, 0.4) is 0 Å². The Labute approximate surface area is 465 Å². The van der Waals surface area contributed by atoms with E-state index in [1.165, 1.54) is 64.2 Å². The van der Waals surface area contributed by atoms with Gasteiger partial charge in [-0.25, -0.2) is 4.79 Å². The van der Waals surface area contributed by atoms with Gasteiger partial charge < -0.3 is 39.0 Å². The van der Waals surface area contributed by atoms with Gasteiger partial charge in [-0.1, -0.05) is 220 Å². The van der Waals surface area contributed by atoms with E-state index >= 15 is 0 Å². The summed E-state index contributed by atoms with van der Waals surface area (Å²) in [6.07, 6.45) is 57.8. The van der Waals surface area contributed by atoms with Crippen molar-refractivity contribution in [3.05, 3.63) is 109 Å². The summed E-state index contributed by atoms with van der Waals surface area (Å²) in [7, 11) is 0. The lowest BCUT2D eigenvalue weighted by Gasteiger charge is -2.40. The summed E-state index contributed by atoms with van der Waals surface area (Å²) in [5.74, 6) is -3.26. The molecule has 0 saturated carbocycles. The minimum Gasteiger partial charge on any atom is -0.479 e. The molecule has 0 aliphatic carbocycles. The highest BCUT2D eigenvalue weighted by atomic mass is 16.7. The Hall–Kier alpha value is -4.62.